The van der Waals surface area contributed by atoms with E-state index in [1.54, 1.807) is 18.2 Å². The fraction of sp³-hybridized carbons (Fsp3) is 0.438. The molecule has 128 valence electrons. The van der Waals surface area contributed by atoms with Gasteiger partial charge < -0.3 is 9.88 Å². The standard InChI is InChI=1S/C16H18Cl2N4OS/c1-22-15(10-4-2-3-5-10)20-21-16(22)24-9-14(23)19-13-7-11(17)6-12(18)8-13/h6-8,10H,2-5,9H2,1H3,(H,19,23). The average molecular weight is 385 g/mol. The molecule has 1 fully saturated rings. The van der Waals surface area contributed by atoms with E-state index in [2.05, 4.69) is 15.5 Å². The Morgan fingerprint density at radius 2 is 1.92 bits per heavy atom. The van der Waals surface area contributed by atoms with Gasteiger partial charge in [-0.05, 0) is 31.0 Å². The number of amides is 1. The van der Waals surface area contributed by atoms with Crippen LogP contribution in [0.5, 0.6) is 0 Å². The summed E-state index contributed by atoms with van der Waals surface area (Å²) in [6.45, 7) is 0. The van der Waals surface area contributed by atoms with Gasteiger partial charge in [0.1, 0.15) is 5.82 Å². The number of rotatable bonds is 5. The molecular weight excluding hydrogens is 367 g/mol. The first kappa shape index (κ1) is 17.6. The summed E-state index contributed by atoms with van der Waals surface area (Å²) in [5.74, 6) is 1.64. The lowest BCUT2D eigenvalue weighted by atomic mass is 10.1. The number of nitrogens with one attached hydrogen (secondary N) is 1. The summed E-state index contributed by atoms with van der Waals surface area (Å²) in [6.07, 6.45) is 4.86. The van der Waals surface area contributed by atoms with Gasteiger partial charge in [0, 0.05) is 28.7 Å². The van der Waals surface area contributed by atoms with Gasteiger partial charge in [-0.2, -0.15) is 0 Å². The number of hydrogen-bond donors (Lipinski definition) is 1. The Balaban J connectivity index is 1.58. The number of hydrogen-bond acceptors (Lipinski definition) is 4. The van der Waals surface area contributed by atoms with Crippen LogP contribution < -0.4 is 5.32 Å². The molecule has 8 heteroatoms. The fourth-order valence-electron chi connectivity index (χ4n) is 2.94. The molecule has 24 heavy (non-hydrogen) atoms. The minimum absolute atomic E-state index is 0.135. The van der Waals surface area contributed by atoms with Crippen LogP contribution in [0.15, 0.2) is 23.4 Å². The van der Waals surface area contributed by atoms with Crippen LogP contribution >= 0.6 is 35.0 Å². The van der Waals surface area contributed by atoms with Gasteiger partial charge in [0.25, 0.3) is 0 Å². The number of halogens is 2. The van der Waals surface area contributed by atoms with E-state index in [-0.39, 0.29) is 11.7 Å². The summed E-state index contributed by atoms with van der Waals surface area (Å²) in [5.41, 5.74) is 0.586. The monoisotopic (exact) mass is 384 g/mol. The van der Waals surface area contributed by atoms with Gasteiger partial charge in [0.15, 0.2) is 5.16 Å². The number of carbonyl (C=O) groups excluding carboxylic acids is 1. The molecule has 1 aliphatic carbocycles. The molecule has 2 aromatic rings. The normalized spacial score (nSPS) is 15.0. The van der Waals surface area contributed by atoms with Crippen LogP contribution in [-0.2, 0) is 11.8 Å². The largest absolute Gasteiger partial charge is 0.325 e. The summed E-state index contributed by atoms with van der Waals surface area (Å²) < 4.78 is 2.00. The van der Waals surface area contributed by atoms with Crippen molar-refractivity contribution in [2.45, 2.75) is 36.8 Å². The molecule has 1 aromatic heterocycles. The molecule has 1 amide bonds. The third-order valence-corrected chi connectivity index (χ3v) is 5.52. The molecule has 0 unspecified atom stereocenters. The number of thioether (sulfide) groups is 1. The lowest BCUT2D eigenvalue weighted by molar-refractivity contribution is -0.113. The first-order chi connectivity index (χ1) is 11.5. The summed E-state index contributed by atoms with van der Waals surface area (Å²) in [5, 5.41) is 13.1. The topological polar surface area (TPSA) is 59.8 Å². The minimum atomic E-state index is -0.135. The molecule has 1 aromatic carbocycles. The van der Waals surface area contributed by atoms with Gasteiger partial charge >= 0.3 is 0 Å². The van der Waals surface area contributed by atoms with Gasteiger partial charge in [-0.1, -0.05) is 47.8 Å². The SMILES string of the molecule is Cn1c(SCC(=O)Nc2cc(Cl)cc(Cl)c2)nnc1C1CCCC1. The van der Waals surface area contributed by atoms with Crippen molar-refractivity contribution >= 4 is 46.6 Å². The van der Waals surface area contributed by atoms with Gasteiger partial charge in [0.2, 0.25) is 5.91 Å². The van der Waals surface area contributed by atoms with Crippen LogP contribution in [0.3, 0.4) is 0 Å². The van der Waals surface area contributed by atoms with E-state index >= 15 is 0 Å². The van der Waals surface area contributed by atoms with Crippen molar-refractivity contribution in [2.24, 2.45) is 7.05 Å². The zero-order chi connectivity index (χ0) is 17.1. The molecule has 0 radical (unpaired) electrons. The lowest BCUT2D eigenvalue weighted by Gasteiger charge is -2.09. The molecule has 0 atom stereocenters. The van der Waals surface area contributed by atoms with Crippen molar-refractivity contribution in [3.63, 3.8) is 0 Å². The summed E-state index contributed by atoms with van der Waals surface area (Å²) in [7, 11) is 1.96. The number of benzene rings is 1. The highest BCUT2D eigenvalue weighted by Crippen LogP contribution is 2.34. The number of anilines is 1. The molecule has 5 nitrogen and oxygen atoms in total. The Hall–Kier alpha value is -1.24. The van der Waals surface area contributed by atoms with Crippen LogP contribution in [0, 0.1) is 0 Å². The van der Waals surface area contributed by atoms with Gasteiger partial charge in [-0.15, -0.1) is 10.2 Å². The van der Waals surface area contributed by atoms with Crippen molar-refractivity contribution in [1.82, 2.24) is 14.8 Å². The Morgan fingerprint density at radius 3 is 2.58 bits per heavy atom. The first-order valence-corrected chi connectivity index (χ1v) is 9.55. The molecular formula is C16H18Cl2N4OS. The maximum atomic E-state index is 12.1. The van der Waals surface area contributed by atoms with Crippen LogP contribution in [0.4, 0.5) is 5.69 Å². The quantitative estimate of drug-likeness (QED) is 0.770. The van der Waals surface area contributed by atoms with Crippen molar-refractivity contribution in [3.8, 4) is 0 Å². The zero-order valence-electron chi connectivity index (χ0n) is 13.3. The van der Waals surface area contributed by atoms with E-state index in [0.29, 0.717) is 21.7 Å². The summed E-state index contributed by atoms with van der Waals surface area (Å²) in [6, 6.07) is 4.95. The lowest BCUT2D eigenvalue weighted by Crippen LogP contribution is -2.14. The van der Waals surface area contributed by atoms with E-state index < -0.39 is 0 Å². The second-order valence-corrected chi connectivity index (χ2v) is 7.69. The number of carbonyl (C=O) groups is 1. The Labute approximate surface area is 155 Å². The van der Waals surface area contributed by atoms with Crippen LogP contribution in [0.1, 0.15) is 37.4 Å². The zero-order valence-corrected chi connectivity index (χ0v) is 15.6. The Kier molecular flexibility index (Phi) is 5.69. The highest BCUT2D eigenvalue weighted by Gasteiger charge is 2.23. The van der Waals surface area contributed by atoms with Crippen molar-refractivity contribution in [2.75, 3.05) is 11.1 Å². The van der Waals surface area contributed by atoms with E-state index in [4.69, 9.17) is 23.2 Å². The minimum Gasteiger partial charge on any atom is -0.325 e. The van der Waals surface area contributed by atoms with Crippen LogP contribution in [-0.4, -0.2) is 26.4 Å². The molecule has 1 aliphatic rings. The van der Waals surface area contributed by atoms with Crippen LogP contribution in [0.2, 0.25) is 10.0 Å². The predicted molar refractivity (Wildman–Crippen MR) is 98.0 cm³/mol. The van der Waals surface area contributed by atoms with E-state index in [0.717, 1.165) is 11.0 Å². The molecule has 1 saturated carbocycles. The number of nitrogens with zero attached hydrogens (tertiary/aromatic N) is 3. The van der Waals surface area contributed by atoms with Gasteiger partial charge in [0.05, 0.1) is 5.75 Å². The van der Waals surface area contributed by atoms with Crippen molar-refractivity contribution in [1.29, 1.82) is 0 Å². The maximum absolute atomic E-state index is 12.1. The number of aromatic nitrogens is 3. The molecule has 0 aliphatic heterocycles. The maximum Gasteiger partial charge on any atom is 0.234 e. The molecule has 3 rings (SSSR count). The van der Waals surface area contributed by atoms with E-state index in [9.17, 15) is 4.79 Å². The van der Waals surface area contributed by atoms with E-state index in [1.165, 1.54) is 37.4 Å². The molecule has 0 spiro atoms. The molecule has 1 N–H and O–H groups in total. The van der Waals surface area contributed by atoms with Crippen LogP contribution in [0.25, 0.3) is 0 Å². The second-order valence-electron chi connectivity index (χ2n) is 5.88. The summed E-state index contributed by atoms with van der Waals surface area (Å²) >= 11 is 13.2. The highest BCUT2D eigenvalue weighted by molar-refractivity contribution is 7.99. The highest BCUT2D eigenvalue weighted by atomic mass is 35.5. The third kappa shape index (κ3) is 4.23. The van der Waals surface area contributed by atoms with E-state index in [1.807, 2.05) is 11.6 Å². The second kappa shape index (κ2) is 7.76. The molecule has 0 saturated heterocycles. The molecule has 0 bridgehead atoms. The third-order valence-electron chi connectivity index (χ3n) is 4.07. The molecule has 1 heterocycles. The van der Waals surface area contributed by atoms with Crippen molar-refractivity contribution < 1.29 is 4.79 Å². The fourth-order valence-corrected chi connectivity index (χ4v) is 4.19. The summed E-state index contributed by atoms with van der Waals surface area (Å²) in [4.78, 5) is 12.1. The Morgan fingerprint density at radius 1 is 1.25 bits per heavy atom. The van der Waals surface area contributed by atoms with Gasteiger partial charge in [-0.25, -0.2) is 0 Å². The first-order valence-electron chi connectivity index (χ1n) is 7.81. The predicted octanol–water partition coefficient (Wildman–Crippen LogP) is 4.51. The smallest absolute Gasteiger partial charge is 0.234 e. The van der Waals surface area contributed by atoms with Gasteiger partial charge in [-0.3, -0.25) is 4.79 Å². The average Bonchev–Trinajstić information content (AvgIpc) is 3.13. The van der Waals surface area contributed by atoms with Crippen molar-refractivity contribution in [3.05, 3.63) is 34.1 Å². The Bertz CT molecular complexity index is 723.